The lowest BCUT2D eigenvalue weighted by Crippen LogP contribution is -2.11. The number of phenols is 2. The second kappa shape index (κ2) is 8.61. The van der Waals surface area contributed by atoms with Crippen LogP contribution in [0.4, 0.5) is 0 Å². The molecule has 0 bridgehead atoms. The molecule has 0 saturated carbocycles. The minimum absolute atomic E-state index is 0.127. The summed E-state index contributed by atoms with van der Waals surface area (Å²) in [7, 11) is 3.28. The van der Waals surface area contributed by atoms with Crippen molar-refractivity contribution in [2.24, 2.45) is 7.05 Å². The fourth-order valence-electron chi connectivity index (χ4n) is 4.87. The zero-order chi connectivity index (χ0) is 25.7. The summed E-state index contributed by atoms with van der Waals surface area (Å²) < 4.78 is 12.7. The van der Waals surface area contributed by atoms with Crippen molar-refractivity contribution in [2.75, 3.05) is 7.11 Å². The molecule has 0 aliphatic carbocycles. The predicted molar refractivity (Wildman–Crippen MR) is 140 cm³/mol. The van der Waals surface area contributed by atoms with Gasteiger partial charge in [0.25, 0.3) is 0 Å². The summed E-state index contributed by atoms with van der Waals surface area (Å²) >= 11 is 0. The van der Waals surface area contributed by atoms with Gasteiger partial charge in [0, 0.05) is 53.1 Å². The Kier molecular flexibility index (Phi) is 5.55. The minimum Gasteiger partial charge on any atom is -0.507 e. The second-order valence-electron chi connectivity index (χ2n) is 9.07. The molecule has 2 N–H and O–H groups in total. The van der Waals surface area contributed by atoms with Gasteiger partial charge in [-0.25, -0.2) is 4.79 Å². The Morgan fingerprint density at radius 2 is 1.78 bits per heavy atom. The van der Waals surface area contributed by atoms with Crippen molar-refractivity contribution >= 4 is 32.8 Å². The molecule has 36 heavy (non-hydrogen) atoms. The van der Waals surface area contributed by atoms with Crippen molar-refractivity contribution in [1.29, 1.82) is 0 Å². The highest BCUT2D eigenvalue weighted by atomic mass is 16.5. The molecule has 1 unspecified atom stereocenters. The molecule has 182 valence electrons. The van der Waals surface area contributed by atoms with Gasteiger partial charge in [0.1, 0.15) is 22.8 Å². The lowest BCUT2D eigenvalue weighted by Gasteiger charge is -2.22. The van der Waals surface area contributed by atoms with Crippen molar-refractivity contribution in [1.82, 2.24) is 4.57 Å². The van der Waals surface area contributed by atoms with E-state index in [1.807, 2.05) is 32.1 Å². The van der Waals surface area contributed by atoms with E-state index in [0.717, 1.165) is 5.57 Å². The normalized spacial score (nSPS) is 12.2. The van der Waals surface area contributed by atoms with E-state index < -0.39 is 11.5 Å². The van der Waals surface area contributed by atoms with Gasteiger partial charge in [0.15, 0.2) is 0 Å². The van der Waals surface area contributed by atoms with Gasteiger partial charge in [-0.05, 0) is 38.1 Å². The molecule has 2 heterocycles. The number of aromatic nitrogens is 1. The number of phenolic OH excluding ortho intramolecular Hbond substituents is 2. The van der Waals surface area contributed by atoms with Gasteiger partial charge in [0.05, 0.1) is 23.5 Å². The van der Waals surface area contributed by atoms with Crippen molar-refractivity contribution < 1.29 is 19.4 Å². The largest absolute Gasteiger partial charge is 0.507 e. The quantitative estimate of drug-likeness (QED) is 0.204. The number of hydrogen-bond acceptors (Lipinski definition) is 6. The number of benzene rings is 3. The van der Waals surface area contributed by atoms with E-state index in [1.165, 1.54) is 19.2 Å². The zero-order valence-corrected chi connectivity index (χ0v) is 20.3. The first-order valence-electron chi connectivity index (χ1n) is 11.4. The van der Waals surface area contributed by atoms with Gasteiger partial charge in [-0.2, -0.15) is 0 Å². The first-order valence-corrected chi connectivity index (χ1v) is 11.4. The Balaban J connectivity index is 1.89. The molecule has 0 amide bonds. The van der Waals surface area contributed by atoms with Crippen molar-refractivity contribution in [3.63, 3.8) is 0 Å². The Labute approximate surface area is 206 Å². The molecular formula is C29H25NO6. The average molecular weight is 484 g/mol. The zero-order valence-electron chi connectivity index (χ0n) is 20.3. The summed E-state index contributed by atoms with van der Waals surface area (Å²) in [6.45, 7) is 3.81. The molecular weight excluding hydrogens is 458 g/mol. The molecule has 1 atom stereocenters. The number of hydrogen-bond donors (Lipinski definition) is 2. The number of rotatable bonds is 4. The molecule has 2 aromatic heterocycles. The number of allylic oxidation sites excluding steroid dienone is 2. The van der Waals surface area contributed by atoms with Crippen LogP contribution in [0.15, 0.2) is 80.3 Å². The first kappa shape index (κ1) is 23.2. The maximum Gasteiger partial charge on any atom is 0.336 e. The summed E-state index contributed by atoms with van der Waals surface area (Å²) in [5.41, 5.74) is 2.40. The molecule has 5 rings (SSSR count). The highest BCUT2D eigenvalue weighted by Gasteiger charge is 2.27. The van der Waals surface area contributed by atoms with Crippen molar-refractivity contribution in [3.05, 3.63) is 98.0 Å². The third-order valence-electron chi connectivity index (χ3n) is 6.51. The maximum absolute atomic E-state index is 13.5. The van der Waals surface area contributed by atoms with Gasteiger partial charge in [0.2, 0.25) is 5.43 Å². The molecule has 5 aromatic rings. The lowest BCUT2D eigenvalue weighted by atomic mass is 9.86. The topological polar surface area (TPSA) is 102 Å². The molecule has 0 radical (unpaired) electrons. The van der Waals surface area contributed by atoms with E-state index >= 15 is 0 Å². The third kappa shape index (κ3) is 3.60. The Morgan fingerprint density at radius 1 is 1.03 bits per heavy atom. The SMILES string of the molecule is COc1cc2oc(=O)ccc2cc1C(C=C(C)C)c1c(O)cc2c(c1O)c(=O)c1ccccc1n2C. The average Bonchev–Trinajstić information content (AvgIpc) is 2.85. The molecule has 7 nitrogen and oxygen atoms in total. The molecule has 7 heteroatoms. The lowest BCUT2D eigenvalue weighted by molar-refractivity contribution is 0.406. The highest BCUT2D eigenvalue weighted by Crippen LogP contribution is 2.46. The molecule has 0 spiro atoms. The third-order valence-corrected chi connectivity index (χ3v) is 6.51. The summed E-state index contributed by atoms with van der Waals surface area (Å²) in [5, 5.41) is 24.0. The highest BCUT2D eigenvalue weighted by molar-refractivity contribution is 5.98. The van der Waals surface area contributed by atoms with Crippen LogP contribution in [0.1, 0.15) is 30.9 Å². The van der Waals surface area contributed by atoms with Crippen LogP contribution in [0.25, 0.3) is 32.8 Å². The van der Waals surface area contributed by atoms with E-state index in [0.29, 0.717) is 38.7 Å². The minimum atomic E-state index is -0.665. The van der Waals surface area contributed by atoms with Crippen LogP contribution < -0.4 is 15.8 Å². The number of aryl methyl sites for hydroxylation is 1. The fourth-order valence-corrected chi connectivity index (χ4v) is 4.87. The predicted octanol–water partition coefficient (Wildman–Crippen LogP) is 5.32. The number of methoxy groups -OCH3 is 1. The molecule has 3 aromatic carbocycles. The molecule has 0 fully saturated rings. The van der Waals surface area contributed by atoms with Gasteiger partial charge >= 0.3 is 5.63 Å². The fraction of sp³-hybridized carbons (Fsp3) is 0.172. The van der Waals surface area contributed by atoms with Crippen LogP contribution in [-0.2, 0) is 7.05 Å². The van der Waals surface area contributed by atoms with Crippen LogP contribution in [0, 0.1) is 0 Å². The van der Waals surface area contributed by atoms with E-state index in [1.54, 1.807) is 41.9 Å². The van der Waals surface area contributed by atoms with Crippen LogP contribution >= 0.6 is 0 Å². The monoisotopic (exact) mass is 483 g/mol. The van der Waals surface area contributed by atoms with E-state index in [-0.39, 0.29) is 27.9 Å². The van der Waals surface area contributed by atoms with E-state index in [4.69, 9.17) is 9.15 Å². The summed E-state index contributed by atoms with van der Waals surface area (Å²) in [5.74, 6) is -0.707. The number of nitrogens with zero attached hydrogens (tertiary/aromatic N) is 1. The summed E-state index contributed by atoms with van der Waals surface area (Å²) in [6, 6.07) is 15.0. The number of para-hydroxylation sites is 1. The number of ether oxygens (including phenoxy) is 1. The Hall–Kier alpha value is -4.52. The van der Waals surface area contributed by atoms with E-state index in [9.17, 15) is 19.8 Å². The second-order valence-corrected chi connectivity index (χ2v) is 9.07. The van der Waals surface area contributed by atoms with Crippen LogP contribution in [-0.4, -0.2) is 21.9 Å². The molecule has 0 aliphatic heterocycles. The maximum atomic E-state index is 13.5. The standard InChI is InChI=1S/C29H25NO6/c1-15(2)11-19(18-12-16-9-10-25(32)36-23(16)14-24(18)35-4)26-22(31)13-21-27(29(26)34)28(33)17-7-5-6-8-20(17)30(21)3/h5-14,19,31,34H,1-4H3. The Bertz CT molecular complexity index is 1820. The van der Waals surface area contributed by atoms with Crippen LogP contribution in [0.5, 0.6) is 17.2 Å². The van der Waals surface area contributed by atoms with Gasteiger partial charge in [-0.15, -0.1) is 0 Å². The van der Waals surface area contributed by atoms with Crippen molar-refractivity contribution in [3.8, 4) is 17.2 Å². The smallest absolute Gasteiger partial charge is 0.336 e. The van der Waals surface area contributed by atoms with Gasteiger partial charge in [-0.1, -0.05) is 23.8 Å². The van der Waals surface area contributed by atoms with Gasteiger partial charge in [-0.3, -0.25) is 4.79 Å². The van der Waals surface area contributed by atoms with E-state index in [2.05, 4.69) is 0 Å². The van der Waals surface area contributed by atoms with Crippen molar-refractivity contribution in [2.45, 2.75) is 19.8 Å². The Morgan fingerprint density at radius 3 is 2.50 bits per heavy atom. The van der Waals surface area contributed by atoms with Crippen LogP contribution in [0.3, 0.4) is 0 Å². The summed E-state index contributed by atoms with van der Waals surface area (Å²) in [6.07, 6.45) is 1.88. The number of aromatic hydroxyl groups is 2. The number of fused-ring (bicyclic) bond motifs is 3. The number of pyridine rings is 1. The van der Waals surface area contributed by atoms with Gasteiger partial charge < -0.3 is 23.9 Å². The first-order chi connectivity index (χ1) is 17.2. The molecule has 0 aliphatic rings. The molecule has 0 saturated heterocycles. The summed E-state index contributed by atoms with van der Waals surface area (Å²) in [4.78, 5) is 25.2. The van der Waals surface area contributed by atoms with Crippen LogP contribution in [0.2, 0.25) is 0 Å².